The third kappa shape index (κ3) is 4.18. The Morgan fingerprint density at radius 1 is 0.964 bits per heavy atom. The molecule has 1 fully saturated rings. The number of ether oxygens (including phenoxy) is 1. The van der Waals surface area contributed by atoms with Gasteiger partial charge in [-0.05, 0) is 54.7 Å². The van der Waals surface area contributed by atoms with Crippen LogP contribution in [0.25, 0.3) is 10.8 Å². The summed E-state index contributed by atoms with van der Waals surface area (Å²) in [6.45, 7) is 0. The average molecular weight is 406 g/mol. The van der Waals surface area contributed by atoms with Crippen LogP contribution < -0.4 is 4.74 Å². The Morgan fingerprint density at radius 2 is 1.61 bits per heavy atom. The molecular formula is C19H16F6O3. The van der Waals surface area contributed by atoms with Crippen molar-refractivity contribution >= 4 is 16.7 Å². The van der Waals surface area contributed by atoms with Crippen molar-refractivity contribution in [1.82, 2.24) is 0 Å². The van der Waals surface area contributed by atoms with Gasteiger partial charge >= 0.3 is 18.3 Å². The van der Waals surface area contributed by atoms with E-state index in [1.165, 1.54) is 6.07 Å². The first kappa shape index (κ1) is 20.3. The van der Waals surface area contributed by atoms with E-state index in [0.29, 0.717) is 0 Å². The summed E-state index contributed by atoms with van der Waals surface area (Å²) < 4.78 is 84.7. The number of fused-ring (bicyclic) bond motifs is 1. The molecule has 0 aromatic heterocycles. The highest BCUT2D eigenvalue weighted by molar-refractivity contribution is 5.96. The Bertz CT molecular complexity index is 880. The van der Waals surface area contributed by atoms with Gasteiger partial charge < -0.3 is 9.84 Å². The molecule has 2 aromatic rings. The van der Waals surface area contributed by atoms with Crippen molar-refractivity contribution in [3.05, 3.63) is 41.5 Å². The molecule has 0 radical (unpaired) electrons. The lowest BCUT2D eigenvalue weighted by atomic mass is 9.87. The molecule has 0 spiro atoms. The topological polar surface area (TPSA) is 46.5 Å². The van der Waals surface area contributed by atoms with Crippen LogP contribution in [0.15, 0.2) is 30.3 Å². The van der Waals surface area contributed by atoms with E-state index < -0.39 is 41.7 Å². The van der Waals surface area contributed by atoms with Gasteiger partial charge in [-0.2, -0.15) is 26.3 Å². The summed E-state index contributed by atoms with van der Waals surface area (Å²) in [4.78, 5) is 11.0. The average Bonchev–Trinajstić information content (AvgIpc) is 2.59. The zero-order chi connectivity index (χ0) is 20.7. The van der Waals surface area contributed by atoms with Gasteiger partial charge in [0.1, 0.15) is 11.3 Å². The molecule has 1 aliphatic carbocycles. The first-order valence-corrected chi connectivity index (χ1v) is 8.57. The van der Waals surface area contributed by atoms with Crippen LogP contribution in [0.2, 0.25) is 0 Å². The van der Waals surface area contributed by atoms with Gasteiger partial charge in [0.2, 0.25) is 0 Å². The number of hydrogen-bond donors (Lipinski definition) is 1. The van der Waals surface area contributed by atoms with Gasteiger partial charge in [-0.25, -0.2) is 4.79 Å². The second-order valence-electron chi connectivity index (χ2n) is 6.81. The molecular weight excluding hydrogens is 390 g/mol. The second-order valence-corrected chi connectivity index (χ2v) is 6.81. The maximum absolute atomic E-state index is 13.7. The number of hydrogen-bond acceptors (Lipinski definition) is 2. The molecule has 152 valence electrons. The molecule has 1 saturated carbocycles. The lowest BCUT2D eigenvalue weighted by Crippen LogP contribution is -2.32. The Labute approximate surface area is 155 Å². The molecule has 3 rings (SSSR count). The van der Waals surface area contributed by atoms with E-state index in [4.69, 9.17) is 9.84 Å². The van der Waals surface area contributed by atoms with Crippen molar-refractivity contribution in [2.45, 2.75) is 44.1 Å². The number of rotatable bonds is 3. The highest BCUT2D eigenvalue weighted by Crippen LogP contribution is 2.44. The molecule has 0 heterocycles. The zero-order valence-corrected chi connectivity index (χ0v) is 14.4. The summed E-state index contributed by atoms with van der Waals surface area (Å²) in [6, 6.07) is 5.67. The number of carboxylic acids is 1. The Morgan fingerprint density at radius 3 is 2.14 bits per heavy atom. The smallest absolute Gasteiger partial charge is 0.420 e. The van der Waals surface area contributed by atoms with Crippen LogP contribution in [0.4, 0.5) is 26.3 Å². The van der Waals surface area contributed by atoms with Crippen molar-refractivity contribution in [2.24, 2.45) is 5.92 Å². The molecule has 0 bridgehead atoms. The fourth-order valence-electron chi connectivity index (χ4n) is 3.52. The monoisotopic (exact) mass is 406 g/mol. The number of carbonyl (C=O) groups is 1. The normalized spacial score (nSPS) is 20.9. The van der Waals surface area contributed by atoms with Crippen LogP contribution in [-0.4, -0.2) is 23.4 Å². The van der Waals surface area contributed by atoms with Crippen molar-refractivity contribution in [3.63, 3.8) is 0 Å². The number of aromatic carboxylic acids is 1. The minimum atomic E-state index is -4.78. The molecule has 0 saturated heterocycles. The molecule has 0 unspecified atom stereocenters. The molecule has 9 heteroatoms. The Kier molecular flexibility index (Phi) is 5.20. The predicted octanol–water partition coefficient (Wildman–Crippen LogP) is 6.06. The third-order valence-electron chi connectivity index (χ3n) is 4.94. The molecule has 2 aromatic carbocycles. The molecule has 0 atom stereocenters. The largest absolute Gasteiger partial charge is 0.490 e. The second kappa shape index (κ2) is 7.18. The first-order valence-electron chi connectivity index (χ1n) is 8.57. The van der Waals surface area contributed by atoms with Crippen molar-refractivity contribution in [1.29, 1.82) is 0 Å². The van der Waals surface area contributed by atoms with E-state index in [-0.39, 0.29) is 42.0 Å². The Hall–Kier alpha value is -2.45. The number of carboxylic acid groups (broad SMARTS) is 1. The fourth-order valence-corrected chi connectivity index (χ4v) is 3.52. The van der Waals surface area contributed by atoms with Crippen LogP contribution in [0.5, 0.6) is 5.75 Å². The zero-order valence-electron chi connectivity index (χ0n) is 14.4. The van der Waals surface area contributed by atoms with Gasteiger partial charge in [-0.3, -0.25) is 0 Å². The van der Waals surface area contributed by atoms with E-state index in [2.05, 4.69) is 0 Å². The molecule has 1 N–H and O–H groups in total. The SMILES string of the molecule is O=C(O)c1ccc2c(C(F)(F)F)c(O[C@H]3CC[C@@H](C(F)(F)F)CC3)ccc2c1. The van der Waals surface area contributed by atoms with E-state index in [0.717, 1.165) is 24.3 Å². The quantitative estimate of drug-likeness (QED) is 0.631. The first-order chi connectivity index (χ1) is 13.0. The fraction of sp³-hybridized carbons (Fsp3) is 0.421. The van der Waals surface area contributed by atoms with E-state index in [1.54, 1.807) is 0 Å². The van der Waals surface area contributed by atoms with E-state index in [9.17, 15) is 31.1 Å². The summed E-state index contributed by atoms with van der Waals surface area (Å²) in [7, 11) is 0. The van der Waals surface area contributed by atoms with Crippen molar-refractivity contribution < 1.29 is 41.0 Å². The summed E-state index contributed by atoms with van der Waals surface area (Å²) in [5.74, 6) is -3.18. The highest BCUT2D eigenvalue weighted by atomic mass is 19.4. The summed E-state index contributed by atoms with van der Waals surface area (Å²) in [6.07, 6.45) is -10.2. The van der Waals surface area contributed by atoms with Crippen molar-refractivity contribution in [3.8, 4) is 5.75 Å². The maximum Gasteiger partial charge on any atom is 0.420 e. The number of halogens is 6. The summed E-state index contributed by atoms with van der Waals surface area (Å²) in [5, 5.41) is 8.86. The number of alkyl halides is 6. The Balaban J connectivity index is 1.91. The van der Waals surface area contributed by atoms with Gasteiger partial charge in [0.05, 0.1) is 17.6 Å². The summed E-state index contributed by atoms with van der Waals surface area (Å²) >= 11 is 0. The van der Waals surface area contributed by atoms with Gasteiger partial charge in [-0.1, -0.05) is 12.1 Å². The lowest BCUT2D eigenvalue weighted by molar-refractivity contribution is -0.185. The van der Waals surface area contributed by atoms with Crippen LogP contribution in [0.3, 0.4) is 0 Å². The van der Waals surface area contributed by atoms with E-state index >= 15 is 0 Å². The summed E-state index contributed by atoms with van der Waals surface area (Å²) in [5.41, 5.74) is -1.21. The molecule has 0 aliphatic heterocycles. The maximum atomic E-state index is 13.7. The standard InChI is InChI=1S/C19H16F6O3/c20-18(21,22)12-3-5-13(6-4-12)28-15-8-2-10-9-11(17(26)27)1-7-14(10)16(15)19(23,24)25/h1-2,7-9,12-13H,3-6H2,(H,26,27)/t12-,13+. The van der Waals surface area contributed by atoms with Crippen molar-refractivity contribution in [2.75, 3.05) is 0 Å². The molecule has 28 heavy (non-hydrogen) atoms. The lowest BCUT2D eigenvalue weighted by Gasteiger charge is -2.31. The van der Waals surface area contributed by atoms with Gasteiger partial charge in [0, 0.05) is 0 Å². The van der Waals surface area contributed by atoms with E-state index in [1.807, 2.05) is 0 Å². The van der Waals surface area contributed by atoms with Crippen LogP contribution in [0.1, 0.15) is 41.6 Å². The molecule has 0 amide bonds. The minimum absolute atomic E-state index is 0.0114. The van der Waals surface area contributed by atoms with Crippen LogP contribution >= 0.6 is 0 Å². The third-order valence-corrected chi connectivity index (χ3v) is 4.94. The van der Waals surface area contributed by atoms with Gasteiger partial charge in [-0.15, -0.1) is 0 Å². The van der Waals surface area contributed by atoms with Crippen LogP contribution in [-0.2, 0) is 6.18 Å². The molecule has 3 nitrogen and oxygen atoms in total. The van der Waals surface area contributed by atoms with Gasteiger partial charge in [0.25, 0.3) is 0 Å². The predicted molar refractivity (Wildman–Crippen MR) is 88.3 cm³/mol. The van der Waals surface area contributed by atoms with Crippen LogP contribution in [0, 0.1) is 5.92 Å². The highest BCUT2D eigenvalue weighted by Gasteiger charge is 2.42. The minimum Gasteiger partial charge on any atom is -0.490 e. The number of benzene rings is 2. The molecule has 1 aliphatic rings. The van der Waals surface area contributed by atoms with Gasteiger partial charge in [0.15, 0.2) is 0 Å².